The quantitative estimate of drug-likeness (QED) is 0.424. The summed E-state index contributed by atoms with van der Waals surface area (Å²) in [5.41, 5.74) is 3.35. The van der Waals surface area contributed by atoms with Crippen molar-refractivity contribution in [3.8, 4) is 17.0 Å². The van der Waals surface area contributed by atoms with Crippen LogP contribution in [0.1, 0.15) is 16.2 Å². The van der Waals surface area contributed by atoms with Crippen LogP contribution < -0.4 is 10.1 Å². The fourth-order valence-electron chi connectivity index (χ4n) is 3.16. The topological polar surface area (TPSA) is 88.1 Å². The molecule has 8 nitrogen and oxygen atoms in total. The van der Waals surface area contributed by atoms with Gasteiger partial charge in [-0.25, -0.2) is 4.98 Å². The van der Waals surface area contributed by atoms with Crippen LogP contribution in [0.5, 0.6) is 5.75 Å². The van der Waals surface area contributed by atoms with Crippen LogP contribution in [-0.2, 0) is 6.54 Å². The highest BCUT2D eigenvalue weighted by molar-refractivity contribution is 6.02. The van der Waals surface area contributed by atoms with E-state index in [4.69, 9.17) is 4.74 Å². The summed E-state index contributed by atoms with van der Waals surface area (Å²) >= 11 is 0. The first-order chi connectivity index (χ1) is 15.6. The molecular weight excluding hydrogens is 404 g/mol. The molecule has 2 heterocycles. The highest BCUT2D eigenvalue weighted by atomic mass is 16.5. The van der Waals surface area contributed by atoms with E-state index < -0.39 is 0 Å². The van der Waals surface area contributed by atoms with Crippen molar-refractivity contribution < 1.29 is 9.53 Å². The average Bonchev–Trinajstić information content (AvgIpc) is 3.45. The molecule has 0 spiro atoms. The number of benzene rings is 2. The van der Waals surface area contributed by atoms with E-state index in [2.05, 4.69) is 32.5 Å². The third-order valence-corrected chi connectivity index (χ3v) is 4.85. The molecule has 0 fully saturated rings. The number of carbonyl (C=O) groups excluding carboxylic acids is 1. The molecule has 0 bridgehead atoms. The average molecular weight is 431 g/mol. The molecule has 164 valence electrons. The molecule has 2 aromatic carbocycles. The predicted octanol–water partition coefficient (Wildman–Crippen LogP) is 3.51. The van der Waals surface area contributed by atoms with Crippen LogP contribution in [0.4, 0.5) is 5.69 Å². The molecule has 2 N–H and O–H groups in total. The number of carbonyl (C=O) groups is 1. The van der Waals surface area contributed by atoms with Crippen molar-refractivity contribution in [1.29, 1.82) is 0 Å². The Bertz CT molecular complexity index is 1170. The summed E-state index contributed by atoms with van der Waals surface area (Å²) in [4.78, 5) is 22.1. The van der Waals surface area contributed by atoms with E-state index in [-0.39, 0.29) is 11.7 Å². The largest absolute Gasteiger partial charge is 0.490 e. The molecular formula is C24H26N6O2. The van der Waals surface area contributed by atoms with E-state index in [0.29, 0.717) is 24.6 Å². The normalized spacial score (nSPS) is 11.0. The minimum absolute atomic E-state index is 0.221. The lowest BCUT2D eigenvalue weighted by molar-refractivity contribution is 0.101. The van der Waals surface area contributed by atoms with Gasteiger partial charge in [0, 0.05) is 18.3 Å². The zero-order valence-electron chi connectivity index (χ0n) is 18.2. The number of ether oxygens (including phenoxy) is 1. The molecule has 1 amide bonds. The summed E-state index contributed by atoms with van der Waals surface area (Å²) < 4.78 is 7.67. The van der Waals surface area contributed by atoms with Crippen molar-refractivity contribution in [3.05, 3.63) is 84.6 Å². The summed E-state index contributed by atoms with van der Waals surface area (Å²) in [7, 11) is 3.97. The number of anilines is 1. The van der Waals surface area contributed by atoms with Crippen molar-refractivity contribution >= 4 is 11.6 Å². The van der Waals surface area contributed by atoms with Gasteiger partial charge >= 0.3 is 0 Å². The Labute approximate surface area is 186 Å². The number of amides is 1. The van der Waals surface area contributed by atoms with E-state index in [1.807, 2.05) is 66.3 Å². The zero-order valence-corrected chi connectivity index (χ0v) is 18.2. The van der Waals surface area contributed by atoms with Gasteiger partial charge in [-0.05, 0) is 31.8 Å². The first-order valence-electron chi connectivity index (χ1n) is 10.4. The van der Waals surface area contributed by atoms with Gasteiger partial charge in [0.15, 0.2) is 5.82 Å². The summed E-state index contributed by atoms with van der Waals surface area (Å²) in [6.07, 6.45) is 5.32. The van der Waals surface area contributed by atoms with Crippen molar-refractivity contribution in [3.63, 3.8) is 0 Å². The number of hydrogen-bond donors (Lipinski definition) is 2. The number of para-hydroxylation sites is 2. The molecule has 0 saturated carbocycles. The second kappa shape index (κ2) is 9.93. The molecule has 4 rings (SSSR count). The van der Waals surface area contributed by atoms with Gasteiger partial charge in [0.25, 0.3) is 5.91 Å². The predicted molar refractivity (Wildman–Crippen MR) is 124 cm³/mol. The number of rotatable bonds is 9. The minimum atomic E-state index is -0.336. The molecule has 2 aromatic heterocycles. The maximum Gasteiger partial charge on any atom is 0.291 e. The Kier molecular flexibility index (Phi) is 6.62. The smallest absolute Gasteiger partial charge is 0.291 e. The molecule has 0 aliphatic heterocycles. The Hall–Kier alpha value is -3.91. The van der Waals surface area contributed by atoms with E-state index in [1.165, 1.54) is 5.56 Å². The molecule has 4 aromatic rings. The van der Waals surface area contributed by atoms with Gasteiger partial charge in [-0.2, -0.15) is 5.10 Å². The van der Waals surface area contributed by atoms with Crippen molar-refractivity contribution in [1.82, 2.24) is 24.6 Å². The lowest BCUT2D eigenvalue weighted by atomic mass is 10.2. The van der Waals surface area contributed by atoms with Gasteiger partial charge in [0.2, 0.25) is 0 Å². The number of imidazole rings is 1. The van der Waals surface area contributed by atoms with E-state index in [1.54, 1.807) is 18.5 Å². The number of nitrogens with zero attached hydrogens (tertiary/aromatic N) is 4. The molecule has 8 heteroatoms. The fourth-order valence-corrected chi connectivity index (χ4v) is 3.16. The van der Waals surface area contributed by atoms with E-state index in [0.717, 1.165) is 17.8 Å². The Morgan fingerprint density at radius 2 is 1.88 bits per heavy atom. The number of likely N-dealkylation sites (N-methyl/N-ethyl adjacent to an activating group) is 1. The van der Waals surface area contributed by atoms with Crippen LogP contribution in [0.3, 0.4) is 0 Å². The highest BCUT2D eigenvalue weighted by Gasteiger charge is 2.15. The second-order valence-corrected chi connectivity index (χ2v) is 7.66. The number of H-pyrrole nitrogens is 1. The van der Waals surface area contributed by atoms with Crippen LogP contribution >= 0.6 is 0 Å². The maximum absolute atomic E-state index is 12.7. The molecule has 0 unspecified atom stereocenters. The van der Waals surface area contributed by atoms with Gasteiger partial charge in [-0.3, -0.25) is 9.48 Å². The molecule has 0 atom stereocenters. The fraction of sp³-hybridized carbons (Fsp3) is 0.208. The highest BCUT2D eigenvalue weighted by Crippen LogP contribution is 2.24. The van der Waals surface area contributed by atoms with Gasteiger partial charge < -0.3 is 19.9 Å². The van der Waals surface area contributed by atoms with Crippen molar-refractivity contribution in [2.45, 2.75) is 6.54 Å². The minimum Gasteiger partial charge on any atom is -0.490 e. The first kappa shape index (κ1) is 21.3. The van der Waals surface area contributed by atoms with Crippen LogP contribution in [0, 0.1) is 0 Å². The Balaban J connectivity index is 1.42. The summed E-state index contributed by atoms with van der Waals surface area (Å²) in [6.45, 7) is 1.98. The number of hydrogen-bond acceptors (Lipinski definition) is 5. The SMILES string of the molecule is CN(C)CCOc1ccccc1NC(=O)c1ncc(-c2cnn(Cc3ccccc3)c2)[nH]1. The Morgan fingerprint density at radius 1 is 1.09 bits per heavy atom. The Morgan fingerprint density at radius 3 is 2.69 bits per heavy atom. The molecule has 0 aliphatic rings. The van der Waals surface area contributed by atoms with E-state index >= 15 is 0 Å². The van der Waals surface area contributed by atoms with Gasteiger partial charge in [0.05, 0.1) is 30.3 Å². The second-order valence-electron chi connectivity index (χ2n) is 7.66. The van der Waals surface area contributed by atoms with Gasteiger partial charge in [-0.15, -0.1) is 0 Å². The molecule has 0 radical (unpaired) electrons. The molecule has 32 heavy (non-hydrogen) atoms. The van der Waals surface area contributed by atoms with E-state index in [9.17, 15) is 4.79 Å². The van der Waals surface area contributed by atoms with Crippen LogP contribution in [0.25, 0.3) is 11.3 Å². The number of aromatic amines is 1. The third-order valence-electron chi connectivity index (χ3n) is 4.85. The van der Waals surface area contributed by atoms with Crippen molar-refractivity contribution in [2.75, 3.05) is 32.6 Å². The number of aromatic nitrogens is 4. The monoisotopic (exact) mass is 430 g/mol. The van der Waals surface area contributed by atoms with Gasteiger partial charge in [-0.1, -0.05) is 42.5 Å². The van der Waals surface area contributed by atoms with Crippen LogP contribution in [0.2, 0.25) is 0 Å². The molecule has 0 aliphatic carbocycles. The van der Waals surface area contributed by atoms with Gasteiger partial charge in [0.1, 0.15) is 12.4 Å². The summed E-state index contributed by atoms with van der Waals surface area (Å²) in [6, 6.07) is 17.5. The lowest BCUT2D eigenvalue weighted by Crippen LogP contribution is -2.20. The summed E-state index contributed by atoms with van der Waals surface area (Å²) in [5.74, 6) is 0.507. The summed E-state index contributed by atoms with van der Waals surface area (Å²) in [5, 5.41) is 7.29. The maximum atomic E-state index is 12.7. The zero-order chi connectivity index (χ0) is 22.3. The molecule has 0 saturated heterocycles. The first-order valence-corrected chi connectivity index (χ1v) is 10.4. The number of nitrogens with one attached hydrogen (secondary N) is 2. The van der Waals surface area contributed by atoms with Crippen molar-refractivity contribution in [2.24, 2.45) is 0 Å². The standard InChI is InChI=1S/C24H26N6O2/c1-29(2)12-13-32-22-11-7-6-10-20(22)28-24(31)23-25-15-21(27-23)19-14-26-30(17-19)16-18-8-4-3-5-9-18/h3-11,14-15,17H,12-13,16H2,1-2H3,(H,25,27)(H,28,31). The van der Waals surface area contributed by atoms with Crippen LogP contribution in [0.15, 0.2) is 73.2 Å². The van der Waals surface area contributed by atoms with Crippen LogP contribution in [-0.4, -0.2) is 57.8 Å². The third kappa shape index (κ3) is 5.41. The lowest BCUT2D eigenvalue weighted by Gasteiger charge is -2.14.